The first kappa shape index (κ1) is 21.7. The van der Waals surface area contributed by atoms with Crippen molar-refractivity contribution < 1.29 is 34.1 Å². The predicted molar refractivity (Wildman–Crippen MR) is 101 cm³/mol. The summed E-state index contributed by atoms with van der Waals surface area (Å²) in [6, 6.07) is 6.63. The number of aliphatic carboxylic acids is 1. The molecule has 0 saturated heterocycles. The summed E-state index contributed by atoms with van der Waals surface area (Å²) in [5, 5.41) is 21.0. The molecule has 0 aliphatic carbocycles. The number of carbonyl (C=O) groups excluding carboxylic acids is 3. The van der Waals surface area contributed by atoms with Gasteiger partial charge in [-0.1, -0.05) is 12.1 Å². The Hall–Kier alpha value is -3.56. The van der Waals surface area contributed by atoms with E-state index in [-0.39, 0.29) is 25.3 Å². The monoisotopic (exact) mass is 405 g/mol. The molecule has 5 N–H and O–H groups in total. The number of rotatable bonds is 8. The summed E-state index contributed by atoms with van der Waals surface area (Å²) in [5.74, 6) is -3.45. The van der Waals surface area contributed by atoms with Gasteiger partial charge in [0, 0.05) is 18.5 Å². The molecule has 1 aliphatic heterocycles. The van der Waals surface area contributed by atoms with Gasteiger partial charge in [-0.3, -0.25) is 19.2 Å². The number of primary amides is 1. The highest BCUT2D eigenvalue weighted by molar-refractivity contribution is 6.19. The smallest absolute Gasteiger partial charge is 0.322 e. The third-order valence-electron chi connectivity index (χ3n) is 4.35. The Labute approximate surface area is 166 Å². The average molecular weight is 405 g/mol. The summed E-state index contributed by atoms with van der Waals surface area (Å²) >= 11 is 0. The molecule has 10 heteroatoms. The van der Waals surface area contributed by atoms with Crippen molar-refractivity contribution in [2.24, 2.45) is 5.73 Å². The first-order chi connectivity index (χ1) is 13.5. The van der Waals surface area contributed by atoms with Crippen molar-refractivity contribution in [3.8, 4) is 5.75 Å². The number of aliphatic hydroxyl groups excluding tert-OH is 1. The molecule has 1 heterocycles. The second-order valence-electron chi connectivity index (χ2n) is 7.18. The maximum atomic E-state index is 12.9. The lowest BCUT2D eigenvalue weighted by Gasteiger charge is -2.42. The van der Waals surface area contributed by atoms with Crippen LogP contribution in [0.15, 0.2) is 35.6 Å². The highest BCUT2D eigenvalue weighted by Crippen LogP contribution is 2.33. The topological polar surface area (TPSA) is 159 Å². The van der Waals surface area contributed by atoms with Gasteiger partial charge in [0.1, 0.15) is 23.6 Å². The molecule has 29 heavy (non-hydrogen) atoms. The van der Waals surface area contributed by atoms with Gasteiger partial charge in [-0.25, -0.2) is 0 Å². The number of carboxylic acid groups (broad SMARTS) is 1. The van der Waals surface area contributed by atoms with Crippen LogP contribution >= 0.6 is 0 Å². The SMILES string of the molecule is CC1(C)CC(O)=C(C(=O)NCC(=O)O)C(=O)N1Cc1ccc(OCC(N)=O)cc1. The quantitative estimate of drug-likeness (QED) is 0.445. The number of carbonyl (C=O) groups is 4. The highest BCUT2D eigenvalue weighted by atomic mass is 16.5. The Morgan fingerprint density at radius 1 is 1.24 bits per heavy atom. The second kappa shape index (κ2) is 8.63. The van der Waals surface area contributed by atoms with Gasteiger partial charge < -0.3 is 30.9 Å². The van der Waals surface area contributed by atoms with Crippen LogP contribution in [-0.4, -0.2) is 57.5 Å². The Balaban J connectivity index is 2.19. The molecular formula is C19H23N3O7. The van der Waals surface area contributed by atoms with E-state index in [0.29, 0.717) is 5.75 Å². The van der Waals surface area contributed by atoms with Crippen LogP contribution in [0.1, 0.15) is 25.8 Å². The molecule has 0 spiro atoms. The molecular weight excluding hydrogens is 382 g/mol. The van der Waals surface area contributed by atoms with Crippen LogP contribution in [0.2, 0.25) is 0 Å². The van der Waals surface area contributed by atoms with E-state index < -0.39 is 41.3 Å². The molecule has 1 aliphatic rings. The van der Waals surface area contributed by atoms with Crippen molar-refractivity contribution in [1.29, 1.82) is 0 Å². The third kappa shape index (κ3) is 5.47. The molecule has 0 fully saturated rings. The van der Waals surface area contributed by atoms with E-state index in [1.165, 1.54) is 4.90 Å². The fraction of sp³-hybridized carbons (Fsp3) is 0.368. The number of hydrogen-bond acceptors (Lipinski definition) is 6. The van der Waals surface area contributed by atoms with Crippen molar-refractivity contribution in [3.05, 3.63) is 41.2 Å². The largest absolute Gasteiger partial charge is 0.511 e. The summed E-state index contributed by atoms with van der Waals surface area (Å²) in [6.07, 6.45) is 0.0361. The molecule has 10 nitrogen and oxygen atoms in total. The van der Waals surface area contributed by atoms with Crippen LogP contribution in [0.5, 0.6) is 5.75 Å². The Morgan fingerprint density at radius 2 is 1.86 bits per heavy atom. The van der Waals surface area contributed by atoms with E-state index in [4.69, 9.17) is 15.6 Å². The Kier molecular flexibility index (Phi) is 6.47. The first-order valence-corrected chi connectivity index (χ1v) is 8.75. The Bertz CT molecular complexity index is 859. The zero-order valence-corrected chi connectivity index (χ0v) is 16.1. The van der Waals surface area contributed by atoms with Gasteiger partial charge in [0.2, 0.25) is 0 Å². The van der Waals surface area contributed by atoms with E-state index in [0.717, 1.165) is 5.56 Å². The number of amides is 3. The average Bonchev–Trinajstić information content (AvgIpc) is 2.62. The molecule has 0 saturated carbocycles. The maximum Gasteiger partial charge on any atom is 0.322 e. The van der Waals surface area contributed by atoms with Gasteiger partial charge in [0.25, 0.3) is 17.7 Å². The number of nitrogens with one attached hydrogen (secondary N) is 1. The lowest BCUT2D eigenvalue weighted by molar-refractivity contribution is -0.140. The molecule has 3 amide bonds. The van der Waals surface area contributed by atoms with Crippen molar-refractivity contribution in [2.75, 3.05) is 13.2 Å². The fourth-order valence-electron chi connectivity index (χ4n) is 2.91. The van der Waals surface area contributed by atoms with Gasteiger partial charge in [0.05, 0.1) is 0 Å². The number of nitrogens with zero attached hydrogens (tertiary/aromatic N) is 1. The summed E-state index contributed by atoms with van der Waals surface area (Å²) in [7, 11) is 0. The first-order valence-electron chi connectivity index (χ1n) is 8.75. The summed E-state index contributed by atoms with van der Waals surface area (Å²) in [5.41, 5.74) is 4.51. The molecule has 0 unspecified atom stereocenters. The predicted octanol–water partition coefficient (Wildman–Crippen LogP) is 0.0745. The van der Waals surface area contributed by atoms with Crippen molar-refractivity contribution in [2.45, 2.75) is 32.4 Å². The van der Waals surface area contributed by atoms with Crippen molar-refractivity contribution >= 4 is 23.7 Å². The molecule has 156 valence electrons. The number of benzene rings is 1. The zero-order chi connectivity index (χ0) is 21.8. The standard InChI is InChI=1S/C19H23N3O7/c1-19(2)7-13(23)16(17(27)21-8-15(25)26)18(28)22(19)9-11-3-5-12(6-4-11)29-10-14(20)24/h3-6,23H,7-10H2,1-2H3,(H2,20,24)(H,21,27)(H,25,26). The highest BCUT2D eigenvalue weighted by Gasteiger charge is 2.42. The third-order valence-corrected chi connectivity index (χ3v) is 4.35. The van der Waals surface area contributed by atoms with Gasteiger partial charge in [-0.15, -0.1) is 0 Å². The molecule has 0 radical (unpaired) electrons. The molecule has 0 bridgehead atoms. The molecule has 1 aromatic rings. The molecule has 0 atom stereocenters. The maximum absolute atomic E-state index is 12.9. The second-order valence-corrected chi connectivity index (χ2v) is 7.18. The molecule has 2 rings (SSSR count). The molecule has 0 aromatic heterocycles. The van der Waals surface area contributed by atoms with E-state index in [1.807, 2.05) is 0 Å². The van der Waals surface area contributed by atoms with Crippen molar-refractivity contribution in [3.63, 3.8) is 0 Å². The van der Waals surface area contributed by atoms with Gasteiger partial charge in [-0.05, 0) is 31.5 Å². The number of nitrogens with two attached hydrogens (primary N) is 1. The van der Waals surface area contributed by atoms with Crippen LogP contribution in [0.3, 0.4) is 0 Å². The minimum absolute atomic E-state index is 0.0361. The zero-order valence-electron chi connectivity index (χ0n) is 16.1. The van der Waals surface area contributed by atoms with E-state index in [9.17, 15) is 24.3 Å². The van der Waals surface area contributed by atoms with Crippen LogP contribution in [0.25, 0.3) is 0 Å². The van der Waals surface area contributed by atoms with Gasteiger partial charge in [0.15, 0.2) is 6.61 Å². The van der Waals surface area contributed by atoms with Crippen LogP contribution in [0, 0.1) is 0 Å². The van der Waals surface area contributed by atoms with E-state index in [2.05, 4.69) is 5.32 Å². The van der Waals surface area contributed by atoms with Crippen LogP contribution in [0.4, 0.5) is 0 Å². The Morgan fingerprint density at radius 3 is 2.41 bits per heavy atom. The molecule has 1 aromatic carbocycles. The summed E-state index contributed by atoms with van der Waals surface area (Å²) < 4.78 is 5.19. The van der Waals surface area contributed by atoms with E-state index in [1.54, 1.807) is 38.1 Å². The minimum atomic E-state index is -1.27. The van der Waals surface area contributed by atoms with Crippen LogP contribution in [-0.2, 0) is 25.7 Å². The van der Waals surface area contributed by atoms with Gasteiger partial charge >= 0.3 is 5.97 Å². The number of hydrogen-bond donors (Lipinski definition) is 4. The summed E-state index contributed by atoms with van der Waals surface area (Å²) in [6.45, 7) is 2.72. The van der Waals surface area contributed by atoms with E-state index >= 15 is 0 Å². The minimum Gasteiger partial charge on any atom is -0.511 e. The lowest BCUT2D eigenvalue weighted by Crippen LogP contribution is -2.53. The number of ether oxygens (including phenoxy) is 1. The summed E-state index contributed by atoms with van der Waals surface area (Å²) in [4.78, 5) is 48.0. The fourth-order valence-corrected chi connectivity index (χ4v) is 2.91. The number of aliphatic hydroxyl groups is 1. The number of carboxylic acids is 1. The lowest BCUT2D eigenvalue weighted by atomic mass is 9.88. The van der Waals surface area contributed by atoms with Gasteiger partial charge in [-0.2, -0.15) is 0 Å². The normalized spacial score (nSPS) is 15.8. The van der Waals surface area contributed by atoms with Crippen LogP contribution < -0.4 is 15.8 Å². The van der Waals surface area contributed by atoms with Crippen molar-refractivity contribution in [1.82, 2.24) is 10.2 Å².